The minimum atomic E-state index is 0.623. The molecular formula is C19H16Cl2N4S. The average Bonchev–Trinajstić information content (AvgIpc) is 2.99. The fraction of sp³-hybridized carbons (Fsp3) is 0.105. The maximum atomic E-state index is 6.22. The Labute approximate surface area is 166 Å². The summed E-state index contributed by atoms with van der Waals surface area (Å²) in [6, 6.07) is 15.5. The van der Waals surface area contributed by atoms with E-state index in [0.29, 0.717) is 21.0 Å². The van der Waals surface area contributed by atoms with E-state index in [-0.39, 0.29) is 0 Å². The van der Waals surface area contributed by atoms with Gasteiger partial charge < -0.3 is 0 Å². The number of allylic oxidation sites excluding steroid dienone is 1. The predicted molar refractivity (Wildman–Crippen MR) is 110 cm³/mol. The maximum absolute atomic E-state index is 6.22. The van der Waals surface area contributed by atoms with Crippen molar-refractivity contribution in [3.8, 4) is 0 Å². The third-order valence-corrected chi connectivity index (χ3v) is 5.05. The Balaban J connectivity index is 1.68. The van der Waals surface area contributed by atoms with Crippen LogP contribution in [0.3, 0.4) is 0 Å². The molecule has 0 amide bonds. The van der Waals surface area contributed by atoms with Crippen molar-refractivity contribution in [1.82, 2.24) is 14.9 Å². The van der Waals surface area contributed by atoms with Gasteiger partial charge in [0.1, 0.15) is 0 Å². The molecule has 7 heteroatoms. The van der Waals surface area contributed by atoms with Crippen molar-refractivity contribution in [3.63, 3.8) is 0 Å². The number of hydrogen-bond donors (Lipinski definition) is 0. The molecule has 0 aliphatic rings. The third kappa shape index (κ3) is 4.97. The van der Waals surface area contributed by atoms with Crippen molar-refractivity contribution in [2.75, 3.05) is 0 Å². The zero-order valence-electron chi connectivity index (χ0n) is 14.0. The van der Waals surface area contributed by atoms with E-state index in [1.54, 1.807) is 17.0 Å². The van der Waals surface area contributed by atoms with E-state index in [9.17, 15) is 0 Å². The first kappa shape index (κ1) is 18.7. The number of thioether (sulfide) groups is 1. The first-order chi connectivity index (χ1) is 12.6. The van der Waals surface area contributed by atoms with Gasteiger partial charge in [0.15, 0.2) is 5.82 Å². The molecule has 1 heterocycles. The summed E-state index contributed by atoms with van der Waals surface area (Å²) in [6.45, 7) is 1.87. The quantitative estimate of drug-likeness (QED) is 0.390. The van der Waals surface area contributed by atoms with Gasteiger partial charge in [0.25, 0.3) is 0 Å². The summed E-state index contributed by atoms with van der Waals surface area (Å²) in [7, 11) is 0. The van der Waals surface area contributed by atoms with Crippen molar-refractivity contribution >= 4 is 47.3 Å². The lowest BCUT2D eigenvalue weighted by atomic mass is 10.2. The van der Waals surface area contributed by atoms with Crippen LogP contribution in [0.25, 0.3) is 6.08 Å². The van der Waals surface area contributed by atoms with Gasteiger partial charge in [-0.05, 0) is 36.3 Å². The molecule has 0 saturated carbocycles. The van der Waals surface area contributed by atoms with Crippen LogP contribution >= 0.6 is 35.0 Å². The lowest BCUT2D eigenvalue weighted by Gasteiger charge is -2.04. The van der Waals surface area contributed by atoms with E-state index in [1.165, 1.54) is 11.8 Å². The largest absolute Gasteiger partial charge is 0.212 e. The van der Waals surface area contributed by atoms with Gasteiger partial charge in [-0.15, -0.1) is 10.2 Å². The molecule has 0 saturated heterocycles. The molecule has 0 aliphatic carbocycles. The maximum Gasteiger partial charge on any atom is 0.212 e. The van der Waals surface area contributed by atoms with Gasteiger partial charge in [-0.25, -0.2) is 0 Å². The minimum Gasteiger partial charge on any atom is -0.192 e. The molecular weight excluding hydrogens is 387 g/mol. The smallest absolute Gasteiger partial charge is 0.192 e. The lowest BCUT2D eigenvalue weighted by molar-refractivity contribution is 0.744. The molecule has 26 heavy (non-hydrogen) atoms. The number of nitrogens with zero attached hydrogens (tertiary/aromatic N) is 4. The topological polar surface area (TPSA) is 43.1 Å². The van der Waals surface area contributed by atoms with Crippen molar-refractivity contribution in [2.24, 2.45) is 5.10 Å². The van der Waals surface area contributed by atoms with Crippen LogP contribution in [0.5, 0.6) is 0 Å². The van der Waals surface area contributed by atoms with Gasteiger partial charge in [0, 0.05) is 22.0 Å². The van der Waals surface area contributed by atoms with Gasteiger partial charge in [0.05, 0.1) is 0 Å². The van der Waals surface area contributed by atoms with Gasteiger partial charge >= 0.3 is 0 Å². The second-order valence-corrected chi connectivity index (χ2v) is 7.19. The van der Waals surface area contributed by atoms with Gasteiger partial charge in [0.2, 0.25) is 5.16 Å². The molecule has 0 unspecified atom stereocenters. The van der Waals surface area contributed by atoms with E-state index in [0.717, 1.165) is 17.0 Å². The number of halogens is 2. The van der Waals surface area contributed by atoms with Crippen molar-refractivity contribution < 1.29 is 0 Å². The van der Waals surface area contributed by atoms with E-state index >= 15 is 0 Å². The summed E-state index contributed by atoms with van der Waals surface area (Å²) in [5, 5.41) is 14.7. The molecule has 0 radical (unpaired) electrons. The molecule has 3 rings (SSSR count). The Morgan fingerprint density at radius 1 is 1.12 bits per heavy atom. The highest BCUT2D eigenvalue weighted by molar-refractivity contribution is 7.98. The third-order valence-electron chi connectivity index (χ3n) is 3.50. The normalized spacial score (nSPS) is 11.7. The van der Waals surface area contributed by atoms with Gasteiger partial charge in [-0.2, -0.15) is 9.78 Å². The van der Waals surface area contributed by atoms with Gasteiger partial charge in [-0.1, -0.05) is 77.4 Å². The minimum absolute atomic E-state index is 0.623. The second-order valence-electron chi connectivity index (χ2n) is 5.40. The Kier molecular flexibility index (Phi) is 6.50. The van der Waals surface area contributed by atoms with Crippen molar-refractivity contribution in [3.05, 3.63) is 81.6 Å². The Morgan fingerprint density at radius 3 is 2.69 bits per heavy atom. The average molecular weight is 403 g/mol. The molecule has 3 aromatic rings. The Hall–Kier alpha value is -2.08. The number of aromatic nitrogens is 3. The fourth-order valence-corrected chi connectivity index (χ4v) is 3.66. The number of benzene rings is 2. The SMILES string of the molecule is Cc1nnc(SCc2ccc(Cl)cc2Cl)n1/N=C/C=C\c1ccccc1. The fourth-order valence-electron chi connectivity index (χ4n) is 2.17. The Morgan fingerprint density at radius 2 is 1.92 bits per heavy atom. The molecule has 0 bridgehead atoms. The molecule has 0 N–H and O–H groups in total. The van der Waals surface area contributed by atoms with Crippen LogP contribution in [0.15, 0.2) is 64.9 Å². The lowest BCUT2D eigenvalue weighted by Crippen LogP contribution is -1.95. The zero-order valence-corrected chi connectivity index (χ0v) is 16.3. The van der Waals surface area contributed by atoms with Gasteiger partial charge in [-0.3, -0.25) is 0 Å². The number of hydrogen-bond acceptors (Lipinski definition) is 4. The summed E-state index contributed by atoms with van der Waals surface area (Å²) < 4.78 is 1.71. The molecule has 2 aromatic carbocycles. The number of aryl methyl sites for hydroxylation is 1. The molecule has 0 atom stereocenters. The van der Waals surface area contributed by atoms with Crippen LogP contribution in [-0.4, -0.2) is 21.1 Å². The van der Waals surface area contributed by atoms with Crippen LogP contribution in [0.4, 0.5) is 0 Å². The summed E-state index contributed by atoms with van der Waals surface area (Å²) in [4.78, 5) is 0. The van der Waals surface area contributed by atoms with Crippen molar-refractivity contribution in [1.29, 1.82) is 0 Å². The van der Waals surface area contributed by atoms with E-state index in [4.69, 9.17) is 23.2 Å². The summed E-state index contributed by atoms with van der Waals surface area (Å²) in [5.41, 5.74) is 2.10. The number of rotatable bonds is 6. The van der Waals surface area contributed by atoms with E-state index < -0.39 is 0 Å². The first-order valence-corrected chi connectivity index (χ1v) is 9.62. The molecule has 132 valence electrons. The van der Waals surface area contributed by atoms with Crippen LogP contribution in [0.2, 0.25) is 10.0 Å². The molecule has 0 fully saturated rings. The summed E-state index contributed by atoms with van der Waals surface area (Å²) >= 11 is 13.7. The highest BCUT2D eigenvalue weighted by Crippen LogP contribution is 2.28. The molecule has 4 nitrogen and oxygen atoms in total. The molecule has 0 spiro atoms. The van der Waals surface area contributed by atoms with Crippen molar-refractivity contribution in [2.45, 2.75) is 17.8 Å². The summed E-state index contributed by atoms with van der Waals surface area (Å²) in [6.07, 6.45) is 5.60. The van der Waals surface area contributed by atoms with Crippen LogP contribution in [0, 0.1) is 6.92 Å². The first-order valence-electron chi connectivity index (χ1n) is 7.88. The predicted octanol–water partition coefficient (Wildman–Crippen LogP) is 5.73. The Bertz CT molecular complexity index is 936. The molecule has 0 aliphatic heterocycles. The van der Waals surface area contributed by atoms with Crippen LogP contribution < -0.4 is 0 Å². The summed E-state index contributed by atoms with van der Waals surface area (Å²) in [5.74, 6) is 1.38. The molecule has 1 aromatic heterocycles. The second kappa shape index (κ2) is 9.03. The standard InChI is InChI=1S/C19H16Cl2N4S/c1-14-23-24-19(26-13-16-9-10-17(20)12-18(16)21)25(14)22-11-5-8-15-6-3-2-4-7-15/h2-12H,13H2,1H3/b8-5-,22-11+. The van der Waals surface area contributed by atoms with E-state index in [1.807, 2.05) is 61.5 Å². The monoisotopic (exact) mass is 402 g/mol. The zero-order chi connectivity index (χ0) is 18.4. The van der Waals surface area contributed by atoms with Crippen LogP contribution in [-0.2, 0) is 5.75 Å². The van der Waals surface area contributed by atoms with E-state index in [2.05, 4.69) is 15.3 Å². The highest BCUT2D eigenvalue weighted by Gasteiger charge is 2.10. The van der Waals surface area contributed by atoms with Crippen LogP contribution in [0.1, 0.15) is 17.0 Å². The highest BCUT2D eigenvalue weighted by atomic mass is 35.5.